The molecule has 0 aliphatic carbocycles. The standard InChI is InChI=1S/C19H18ClN3O5S/c1-3-28-15-5-4-6-16-17(15)22(9-10-27-2)19(29-16)21-18(24)13-11-12(20)7-8-14(13)23(25)26/h4-8,11H,3,9-10H2,1-2H3. The molecule has 0 radical (unpaired) electrons. The third-order valence-corrected chi connectivity index (χ3v) is 5.34. The van der Waals surface area contributed by atoms with Crippen LogP contribution in [-0.2, 0) is 11.3 Å². The van der Waals surface area contributed by atoms with E-state index in [1.807, 2.05) is 29.7 Å². The molecule has 3 rings (SSSR count). The van der Waals surface area contributed by atoms with Crippen molar-refractivity contribution in [3.8, 4) is 5.75 Å². The highest BCUT2D eigenvalue weighted by atomic mass is 35.5. The van der Waals surface area contributed by atoms with Gasteiger partial charge in [-0.3, -0.25) is 14.9 Å². The summed E-state index contributed by atoms with van der Waals surface area (Å²) >= 11 is 7.23. The molecule has 0 unspecified atom stereocenters. The van der Waals surface area contributed by atoms with Crippen LogP contribution in [0.2, 0.25) is 5.02 Å². The van der Waals surface area contributed by atoms with Crippen molar-refractivity contribution in [2.24, 2.45) is 4.99 Å². The Morgan fingerprint density at radius 3 is 2.83 bits per heavy atom. The van der Waals surface area contributed by atoms with E-state index < -0.39 is 10.8 Å². The Kier molecular flexibility index (Phi) is 6.63. The van der Waals surface area contributed by atoms with Crippen molar-refractivity contribution in [2.45, 2.75) is 13.5 Å². The number of hydrogen-bond donors (Lipinski definition) is 0. The number of carbonyl (C=O) groups is 1. The largest absolute Gasteiger partial charge is 0.492 e. The number of amides is 1. The molecular weight excluding hydrogens is 418 g/mol. The van der Waals surface area contributed by atoms with Gasteiger partial charge in [0.05, 0.1) is 22.8 Å². The van der Waals surface area contributed by atoms with E-state index in [-0.39, 0.29) is 16.3 Å². The van der Waals surface area contributed by atoms with Crippen molar-refractivity contribution in [1.29, 1.82) is 0 Å². The smallest absolute Gasteiger partial charge is 0.286 e. The minimum Gasteiger partial charge on any atom is -0.492 e. The van der Waals surface area contributed by atoms with E-state index in [0.29, 0.717) is 30.3 Å². The van der Waals surface area contributed by atoms with Gasteiger partial charge < -0.3 is 14.0 Å². The van der Waals surface area contributed by atoms with E-state index in [4.69, 9.17) is 21.1 Å². The number of ether oxygens (including phenoxy) is 2. The number of methoxy groups -OCH3 is 1. The molecule has 29 heavy (non-hydrogen) atoms. The molecule has 8 nitrogen and oxygen atoms in total. The van der Waals surface area contributed by atoms with E-state index in [1.165, 1.54) is 29.5 Å². The summed E-state index contributed by atoms with van der Waals surface area (Å²) in [5, 5.41) is 11.5. The SMILES string of the molecule is CCOc1cccc2sc(=NC(=O)c3cc(Cl)ccc3[N+](=O)[O-])n(CCOC)c12. The lowest BCUT2D eigenvalue weighted by Crippen LogP contribution is -2.20. The van der Waals surface area contributed by atoms with Crippen LogP contribution in [0.4, 0.5) is 5.69 Å². The topological polar surface area (TPSA) is 96.0 Å². The third-order valence-electron chi connectivity index (χ3n) is 4.07. The lowest BCUT2D eigenvalue weighted by molar-refractivity contribution is -0.385. The predicted molar refractivity (Wildman–Crippen MR) is 111 cm³/mol. The molecular formula is C19H18ClN3O5S. The fourth-order valence-electron chi connectivity index (χ4n) is 2.83. The van der Waals surface area contributed by atoms with Crippen molar-refractivity contribution in [3.63, 3.8) is 0 Å². The van der Waals surface area contributed by atoms with Gasteiger partial charge in [-0.1, -0.05) is 29.0 Å². The minimum atomic E-state index is -0.741. The van der Waals surface area contributed by atoms with Crippen molar-refractivity contribution in [3.05, 3.63) is 61.9 Å². The molecule has 1 aromatic heterocycles. The quantitative estimate of drug-likeness (QED) is 0.412. The lowest BCUT2D eigenvalue weighted by Gasteiger charge is -2.09. The second-order valence-electron chi connectivity index (χ2n) is 5.90. The molecule has 0 aliphatic heterocycles. The first-order valence-corrected chi connectivity index (χ1v) is 9.92. The zero-order valence-electron chi connectivity index (χ0n) is 15.8. The Bertz CT molecular complexity index is 1140. The molecule has 2 aromatic carbocycles. The van der Waals surface area contributed by atoms with Crippen LogP contribution in [0, 0.1) is 10.1 Å². The molecule has 0 N–H and O–H groups in total. The first-order chi connectivity index (χ1) is 14.0. The molecule has 0 atom stereocenters. The van der Waals surface area contributed by atoms with E-state index in [1.54, 1.807) is 7.11 Å². The average molecular weight is 436 g/mol. The number of aromatic nitrogens is 1. The van der Waals surface area contributed by atoms with Gasteiger partial charge in [0.1, 0.15) is 16.8 Å². The highest BCUT2D eigenvalue weighted by Crippen LogP contribution is 2.28. The first kappa shape index (κ1) is 21.0. The van der Waals surface area contributed by atoms with Gasteiger partial charge in [-0.05, 0) is 31.2 Å². The first-order valence-electron chi connectivity index (χ1n) is 8.73. The van der Waals surface area contributed by atoms with E-state index in [2.05, 4.69) is 4.99 Å². The summed E-state index contributed by atoms with van der Waals surface area (Å²) in [4.78, 5) is 28.0. The van der Waals surface area contributed by atoms with E-state index in [9.17, 15) is 14.9 Å². The molecule has 1 amide bonds. The number of thiazole rings is 1. The van der Waals surface area contributed by atoms with Crippen LogP contribution in [0.15, 0.2) is 41.4 Å². The summed E-state index contributed by atoms with van der Waals surface area (Å²) in [6, 6.07) is 9.42. The van der Waals surface area contributed by atoms with Crippen molar-refractivity contribution < 1.29 is 19.2 Å². The number of para-hydroxylation sites is 1. The summed E-state index contributed by atoms with van der Waals surface area (Å²) in [6.45, 7) is 3.20. The second-order valence-corrected chi connectivity index (χ2v) is 7.35. The Labute approximate surface area is 175 Å². The zero-order chi connectivity index (χ0) is 21.0. The van der Waals surface area contributed by atoms with Gasteiger partial charge in [-0.15, -0.1) is 0 Å². The minimum absolute atomic E-state index is 0.164. The number of halogens is 1. The number of nitrogens with zero attached hydrogens (tertiary/aromatic N) is 3. The number of carbonyl (C=O) groups excluding carboxylic acids is 1. The van der Waals surface area contributed by atoms with Crippen LogP contribution < -0.4 is 9.54 Å². The Hall–Kier alpha value is -2.75. The number of benzene rings is 2. The fraction of sp³-hybridized carbons (Fsp3) is 0.263. The number of nitro benzene ring substituents is 1. The van der Waals surface area contributed by atoms with Gasteiger partial charge in [0.2, 0.25) is 0 Å². The van der Waals surface area contributed by atoms with Crippen LogP contribution in [0.5, 0.6) is 5.75 Å². The fourth-order valence-corrected chi connectivity index (χ4v) is 4.07. The van der Waals surface area contributed by atoms with Gasteiger partial charge in [-0.25, -0.2) is 0 Å². The molecule has 0 saturated carbocycles. The van der Waals surface area contributed by atoms with Crippen LogP contribution in [-0.4, -0.2) is 35.7 Å². The van der Waals surface area contributed by atoms with Crippen molar-refractivity contribution in [2.75, 3.05) is 20.3 Å². The van der Waals surface area contributed by atoms with Crippen LogP contribution in [0.1, 0.15) is 17.3 Å². The monoisotopic (exact) mass is 435 g/mol. The molecule has 0 fully saturated rings. The number of nitro groups is 1. The molecule has 1 heterocycles. The van der Waals surface area contributed by atoms with Crippen LogP contribution in [0.25, 0.3) is 10.2 Å². The summed E-state index contributed by atoms with van der Waals surface area (Å²) in [7, 11) is 1.58. The van der Waals surface area contributed by atoms with Gasteiger partial charge in [0.25, 0.3) is 11.6 Å². The van der Waals surface area contributed by atoms with E-state index >= 15 is 0 Å². The molecule has 0 aliphatic rings. The summed E-state index contributed by atoms with van der Waals surface area (Å²) in [6.07, 6.45) is 0. The van der Waals surface area contributed by atoms with Gasteiger partial charge >= 0.3 is 0 Å². The zero-order valence-corrected chi connectivity index (χ0v) is 17.3. The Morgan fingerprint density at radius 2 is 2.14 bits per heavy atom. The molecule has 0 bridgehead atoms. The molecule has 0 saturated heterocycles. The number of fused-ring (bicyclic) bond motifs is 1. The Morgan fingerprint density at radius 1 is 1.34 bits per heavy atom. The van der Waals surface area contributed by atoms with Crippen LogP contribution >= 0.6 is 22.9 Å². The molecule has 10 heteroatoms. The molecule has 3 aromatic rings. The number of rotatable bonds is 7. The Balaban J connectivity index is 2.20. The highest BCUT2D eigenvalue weighted by Gasteiger charge is 2.21. The normalized spacial score (nSPS) is 11.8. The maximum Gasteiger partial charge on any atom is 0.286 e. The predicted octanol–water partition coefficient (Wildman–Crippen LogP) is 4.05. The van der Waals surface area contributed by atoms with Crippen molar-refractivity contribution >= 4 is 44.7 Å². The van der Waals surface area contributed by atoms with Gasteiger partial charge in [0.15, 0.2) is 4.80 Å². The van der Waals surface area contributed by atoms with Gasteiger partial charge in [0, 0.05) is 24.7 Å². The van der Waals surface area contributed by atoms with Crippen molar-refractivity contribution in [1.82, 2.24) is 4.57 Å². The average Bonchev–Trinajstić information content (AvgIpc) is 3.04. The maximum absolute atomic E-state index is 12.8. The third kappa shape index (κ3) is 4.47. The lowest BCUT2D eigenvalue weighted by atomic mass is 10.2. The van der Waals surface area contributed by atoms with Crippen LogP contribution in [0.3, 0.4) is 0 Å². The second kappa shape index (κ2) is 9.17. The summed E-state index contributed by atoms with van der Waals surface area (Å²) in [5.41, 5.74) is 0.287. The highest BCUT2D eigenvalue weighted by molar-refractivity contribution is 7.16. The van der Waals surface area contributed by atoms with E-state index in [0.717, 1.165) is 10.2 Å². The molecule has 152 valence electrons. The maximum atomic E-state index is 12.8. The summed E-state index contributed by atoms with van der Waals surface area (Å²) in [5.74, 6) is -0.0742. The number of hydrogen-bond acceptors (Lipinski definition) is 6. The molecule has 0 spiro atoms. The van der Waals surface area contributed by atoms with Gasteiger partial charge in [-0.2, -0.15) is 4.99 Å². The summed E-state index contributed by atoms with van der Waals surface area (Å²) < 4.78 is 13.6.